The van der Waals surface area contributed by atoms with Crippen LogP contribution in [0.5, 0.6) is 0 Å². The molecule has 0 aliphatic carbocycles. The molecule has 6 heteroatoms. The van der Waals surface area contributed by atoms with E-state index in [2.05, 4.69) is 0 Å². The van der Waals surface area contributed by atoms with E-state index in [1.807, 2.05) is 32.0 Å². The summed E-state index contributed by atoms with van der Waals surface area (Å²) < 4.78 is 44.2. The van der Waals surface area contributed by atoms with Crippen molar-refractivity contribution >= 4 is 7.25 Å². The van der Waals surface area contributed by atoms with Gasteiger partial charge in [0.2, 0.25) is 0 Å². The molecular weight excluding hydrogens is 187 g/mol. The molecule has 0 radical (unpaired) electrons. The largest absolute Gasteiger partial charge is 0.673 e. The van der Waals surface area contributed by atoms with Crippen LogP contribution in [0.3, 0.4) is 0 Å². The number of halogens is 4. The Morgan fingerprint density at radius 1 is 1.00 bits per heavy atom. The maximum Gasteiger partial charge on any atom is 0.673 e. The van der Waals surface area contributed by atoms with Gasteiger partial charge < -0.3 is 17.3 Å². The zero-order valence-electron chi connectivity index (χ0n) is 7.23. The molecule has 0 N–H and O–H groups in total. The third-order valence-electron chi connectivity index (χ3n) is 0.984. The minimum atomic E-state index is -6.00. The quantitative estimate of drug-likeness (QED) is 0.351. The highest BCUT2D eigenvalue weighted by atomic mass is 19.5. The highest BCUT2D eigenvalue weighted by Gasteiger charge is 2.20. The molecule has 0 amide bonds. The van der Waals surface area contributed by atoms with Gasteiger partial charge in [-0.05, 0) is 6.07 Å². The zero-order chi connectivity index (χ0) is 10.5. The summed E-state index contributed by atoms with van der Waals surface area (Å²) in [6, 6.07) is 5.86. The van der Waals surface area contributed by atoms with Crippen LogP contribution in [0.25, 0.3) is 0 Å². The number of hydrogen-bond acceptors (Lipinski definition) is 0. The second-order valence-corrected chi connectivity index (χ2v) is 2.34. The first-order chi connectivity index (χ1) is 5.79. The lowest BCUT2D eigenvalue weighted by Gasteiger charge is -1.94. The topological polar surface area (TPSA) is 11.3 Å². The Morgan fingerprint density at radius 2 is 1.31 bits per heavy atom. The van der Waals surface area contributed by atoms with E-state index in [9.17, 15) is 17.3 Å². The highest BCUT2D eigenvalue weighted by Crippen LogP contribution is 2.06. The van der Waals surface area contributed by atoms with Crippen LogP contribution in [0.2, 0.25) is 0 Å². The summed E-state index contributed by atoms with van der Waals surface area (Å²) in [5, 5.41) is 0. The Balaban J connectivity index is 0.000000252. The maximum atomic E-state index is 9.75. The van der Waals surface area contributed by atoms with Crippen LogP contribution in [-0.2, 0) is 0 Å². The molecule has 0 aromatic carbocycles. The fourth-order valence-corrected chi connectivity index (χ4v) is 0.641. The maximum absolute atomic E-state index is 9.75. The minimum Gasteiger partial charge on any atom is -0.418 e. The van der Waals surface area contributed by atoms with Crippen molar-refractivity contribution in [1.29, 1.82) is 0 Å². The van der Waals surface area contributed by atoms with Crippen molar-refractivity contribution in [2.75, 3.05) is 0 Å². The lowest BCUT2D eigenvalue weighted by molar-refractivity contribution is 0.368. The lowest BCUT2D eigenvalue weighted by atomic mass is 10.3. The molecule has 0 aliphatic rings. The normalized spacial score (nSPS) is 10.3. The van der Waals surface area contributed by atoms with Crippen molar-refractivity contribution in [3.05, 3.63) is 29.7 Å². The van der Waals surface area contributed by atoms with Crippen molar-refractivity contribution in [2.45, 2.75) is 13.8 Å². The molecule has 0 atom stereocenters. The molecule has 0 bridgehead atoms. The Labute approximate surface area is 73.5 Å². The summed E-state index contributed by atoms with van der Waals surface area (Å²) in [4.78, 5) is 0. The van der Waals surface area contributed by atoms with Gasteiger partial charge in [-0.2, -0.15) is 0 Å². The Bertz CT molecular complexity index is 238. The van der Waals surface area contributed by atoms with Crippen molar-refractivity contribution in [3.8, 4) is 0 Å². The van der Waals surface area contributed by atoms with Gasteiger partial charge in [-0.3, -0.25) is 0 Å². The van der Waals surface area contributed by atoms with Crippen molar-refractivity contribution < 1.29 is 21.7 Å². The van der Waals surface area contributed by atoms with Gasteiger partial charge in [0, 0.05) is 12.1 Å². The standard InChI is InChI=1S/C7H9O.BF4/c1-6-4-3-5-7(2)8-6;2-1(3,4)5/h3-5H,1-2H3;/q+1;-1. The first-order valence-corrected chi connectivity index (χ1v) is 3.53. The summed E-state index contributed by atoms with van der Waals surface area (Å²) in [6.07, 6.45) is 0. The van der Waals surface area contributed by atoms with E-state index in [0.29, 0.717) is 0 Å². The molecular formula is C7H9BF4O. The highest BCUT2D eigenvalue weighted by molar-refractivity contribution is 6.50. The van der Waals surface area contributed by atoms with Gasteiger partial charge >= 0.3 is 18.8 Å². The molecule has 0 spiro atoms. The second kappa shape index (κ2) is 4.84. The molecule has 0 fully saturated rings. The predicted octanol–water partition coefficient (Wildman–Crippen LogP) is 3.48. The van der Waals surface area contributed by atoms with Gasteiger partial charge in [-0.15, -0.1) is 0 Å². The molecule has 0 saturated carbocycles. The summed E-state index contributed by atoms with van der Waals surface area (Å²) in [6.45, 7) is 3.88. The van der Waals surface area contributed by atoms with Crippen molar-refractivity contribution in [3.63, 3.8) is 0 Å². The van der Waals surface area contributed by atoms with Gasteiger partial charge in [0.25, 0.3) is 0 Å². The smallest absolute Gasteiger partial charge is 0.418 e. The van der Waals surface area contributed by atoms with Crippen LogP contribution >= 0.6 is 0 Å². The van der Waals surface area contributed by atoms with E-state index in [-0.39, 0.29) is 0 Å². The average molecular weight is 196 g/mol. The molecule has 1 rings (SSSR count). The predicted molar refractivity (Wildman–Crippen MR) is 42.8 cm³/mol. The molecule has 1 nitrogen and oxygen atoms in total. The van der Waals surface area contributed by atoms with E-state index < -0.39 is 7.25 Å². The van der Waals surface area contributed by atoms with E-state index in [1.54, 1.807) is 0 Å². The lowest BCUT2D eigenvalue weighted by Crippen LogP contribution is -2.02. The Kier molecular flexibility index (Phi) is 4.44. The molecule has 1 heterocycles. The van der Waals surface area contributed by atoms with Crippen LogP contribution in [0, 0.1) is 13.8 Å². The first-order valence-electron chi connectivity index (χ1n) is 3.53. The summed E-state index contributed by atoms with van der Waals surface area (Å²) >= 11 is 0. The van der Waals surface area contributed by atoms with Crippen LogP contribution in [0.15, 0.2) is 22.6 Å². The van der Waals surface area contributed by atoms with Crippen molar-refractivity contribution in [1.82, 2.24) is 0 Å². The van der Waals surface area contributed by atoms with E-state index in [1.165, 1.54) is 0 Å². The van der Waals surface area contributed by atoms with Crippen LogP contribution in [-0.4, -0.2) is 7.25 Å². The SMILES string of the molecule is Cc1cccc(C)[o+]1.F[B-](F)(F)F. The van der Waals surface area contributed by atoms with Crippen LogP contribution < -0.4 is 0 Å². The van der Waals surface area contributed by atoms with Gasteiger partial charge in [-0.25, -0.2) is 4.42 Å². The molecule has 13 heavy (non-hydrogen) atoms. The Morgan fingerprint density at radius 3 is 1.46 bits per heavy atom. The van der Waals surface area contributed by atoms with Crippen molar-refractivity contribution in [2.24, 2.45) is 0 Å². The summed E-state index contributed by atoms with van der Waals surface area (Å²) in [5.41, 5.74) is 0. The molecule has 0 saturated heterocycles. The monoisotopic (exact) mass is 196 g/mol. The van der Waals surface area contributed by atoms with Crippen LogP contribution in [0.1, 0.15) is 11.5 Å². The summed E-state index contributed by atoms with van der Waals surface area (Å²) in [7, 11) is -6.00. The van der Waals surface area contributed by atoms with Gasteiger partial charge in [-0.1, -0.05) is 0 Å². The molecule has 0 unspecified atom stereocenters. The fourth-order valence-electron chi connectivity index (χ4n) is 0.641. The molecule has 0 aliphatic heterocycles. The molecule has 1 aromatic rings. The molecule has 1 aromatic heterocycles. The number of rotatable bonds is 0. The number of hydrogen-bond donors (Lipinski definition) is 0. The molecule has 74 valence electrons. The zero-order valence-corrected chi connectivity index (χ0v) is 7.23. The van der Waals surface area contributed by atoms with E-state index in [0.717, 1.165) is 11.5 Å². The van der Waals surface area contributed by atoms with Gasteiger partial charge in [0.05, 0.1) is 13.8 Å². The minimum absolute atomic E-state index is 0.963. The van der Waals surface area contributed by atoms with E-state index in [4.69, 9.17) is 4.42 Å². The first kappa shape index (κ1) is 11.9. The third kappa shape index (κ3) is 10.9. The average Bonchev–Trinajstić information content (AvgIpc) is 1.81. The summed E-state index contributed by atoms with van der Waals surface area (Å²) in [5.74, 6) is 1.93. The number of aryl methyl sites for hydroxylation is 2. The Hall–Kier alpha value is -1.07. The third-order valence-corrected chi connectivity index (χ3v) is 0.984. The fraction of sp³-hybridized carbons (Fsp3) is 0.286. The second-order valence-electron chi connectivity index (χ2n) is 2.34. The van der Waals surface area contributed by atoms with Gasteiger partial charge in [0.1, 0.15) is 0 Å². The van der Waals surface area contributed by atoms with Crippen LogP contribution in [0.4, 0.5) is 17.3 Å². The van der Waals surface area contributed by atoms with E-state index >= 15 is 0 Å². The van der Waals surface area contributed by atoms with Gasteiger partial charge in [0.15, 0.2) is 0 Å².